The lowest BCUT2D eigenvalue weighted by Crippen LogP contribution is -2.43. The van der Waals surface area contributed by atoms with Gasteiger partial charge in [0.2, 0.25) is 0 Å². The van der Waals surface area contributed by atoms with Crippen molar-refractivity contribution in [2.45, 2.75) is 51.8 Å². The van der Waals surface area contributed by atoms with Gasteiger partial charge in [-0.3, -0.25) is 4.98 Å². The lowest BCUT2D eigenvalue weighted by atomic mass is 10.1. The van der Waals surface area contributed by atoms with Crippen molar-refractivity contribution in [2.75, 3.05) is 13.2 Å². The Morgan fingerprint density at radius 2 is 2.19 bits per heavy atom. The van der Waals surface area contributed by atoms with E-state index in [0.717, 1.165) is 30.7 Å². The fourth-order valence-electron chi connectivity index (χ4n) is 2.92. The number of carbonyl (C=O) groups excluding carboxylic acids is 1. The van der Waals surface area contributed by atoms with Crippen molar-refractivity contribution < 1.29 is 14.1 Å². The van der Waals surface area contributed by atoms with Crippen LogP contribution in [0.15, 0.2) is 35.1 Å². The summed E-state index contributed by atoms with van der Waals surface area (Å²) in [5.74, 6) is 0.953. The number of hydrogen-bond donors (Lipinski definition) is 1. The van der Waals surface area contributed by atoms with Crippen LogP contribution in [-0.2, 0) is 17.8 Å². The zero-order chi connectivity index (χ0) is 18.4. The van der Waals surface area contributed by atoms with Gasteiger partial charge in [-0.05, 0) is 36.5 Å². The second-order valence-corrected chi connectivity index (χ2v) is 6.90. The van der Waals surface area contributed by atoms with Crippen molar-refractivity contribution in [2.24, 2.45) is 0 Å². The SMILES string of the molecule is CC(C)c1cc(CNC(=O)N(Cc2ccncc2)C[C@@H]2CCCO2)on1. The Bertz CT molecular complexity index is 696. The summed E-state index contributed by atoms with van der Waals surface area (Å²) < 4.78 is 11.0. The molecule has 2 amide bonds. The van der Waals surface area contributed by atoms with E-state index in [9.17, 15) is 4.79 Å². The van der Waals surface area contributed by atoms with Crippen LogP contribution in [0.2, 0.25) is 0 Å². The lowest BCUT2D eigenvalue weighted by Gasteiger charge is -2.25. The third kappa shape index (κ3) is 5.05. The van der Waals surface area contributed by atoms with E-state index in [-0.39, 0.29) is 12.1 Å². The van der Waals surface area contributed by atoms with Crippen molar-refractivity contribution in [3.8, 4) is 0 Å². The molecule has 0 saturated carbocycles. The molecule has 0 aliphatic carbocycles. The first-order valence-corrected chi connectivity index (χ1v) is 9.10. The number of amides is 2. The number of aromatic nitrogens is 2. The maximum Gasteiger partial charge on any atom is 0.318 e. The zero-order valence-corrected chi connectivity index (χ0v) is 15.4. The molecule has 0 aromatic carbocycles. The monoisotopic (exact) mass is 358 g/mol. The Morgan fingerprint density at radius 3 is 2.85 bits per heavy atom. The average Bonchev–Trinajstić information content (AvgIpc) is 3.32. The predicted octanol–water partition coefficient (Wildman–Crippen LogP) is 3.08. The van der Waals surface area contributed by atoms with E-state index in [1.54, 1.807) is 17.3 Å². The van der Waals surface area contributed by atoms with Crippen molar-refractivity contribution in [1.82, 2.24) is 20.4 Å². The number of ether oxygens (including phenoxy) is 1. The molecule has 0 bridgehead atoms. The minimum absolute atomic E-state index is 0.0976. The highest BCUT2D eigenvalue weighted by Gasteiger charge is 2.23. The van der Waals surface area contributed by atoms with Gasteiger partial charge in [0, 0.05) is 38.2 Å². The summed E-state index contributed by atoms with van der Waals surface area (Å²) in [5.41, 5.74) is 1.93. The van der Waals surface area contributed by atoms with Gasteiger partial charge in [-0.15, -0.1) is 0 Å². The molecular weight excluding hydrogens is 332 g/mol. The first-order chi connectivity index (χ1) is 12.6. The Hall–Kier alpha value is -2.41. The highest BCUT2D eigenvalue weighted by atomic mass is 16.5. The molecule has 140 valence electrons. The van der Waals surface area contributed by atoms with Gasteiger partial charge in [0.05, 0.1) is 18.3 Å². The van der Waals surface area contributed by atoms with Gasteiger partial charge in [-0.25, -0.2) is 4.79 Å². The molecule has 1 fully saturated rings. The van der Waals surface area contributed by atoms with Gasteiger partial charge in [0.25, 0.3) is 0 Å². The Morgan fingerprint density at radius 1 is 1.38 bits per heavy atom. The molecule has 1 aliphatic rings. The third-order valence-electron chi connectivity index (χ3n) is 4.44. The minimum Gasteiger partial charge on any atom is -0.376 e. The molecule has 2 aromatic heterocycles. The summed E-state index contributed by atoms with van der Waals surface area (Å²) in [6.45, 7) is 6.28. The number of urea groups is 1. The van der Waals surface area contributed by atoms with Gasteiger partial charge in [0.15, 0.2) is 5.76 Å². The van der Waals surface area contributed by atoms with Crippen LogP contribution >= 0.6 is 0 Å². The molecule has 1 N–H and O–H groups in total. The van der Waals surface area contributed by atoms with E-state index < -0.39 is 0 Å². The van der Waals surface area contributed by atoms with Gasteiger partial charge in [0.1, 0.15) is 0 Å². The second-order valence-electron chi connectivity index (χ2n) is 6.90. The molecule has 0 radical (unpaired) electrons. The molecule has 1 atom stereocenters. The number of nitrogens with zero attached hydrogens (tertiary/aromatic N) is 3. The van der Waals surface area contributed by atoms with Crippen LogP contribution in [0.1, 0.15) is 49.6 Å². The van der Waals surface area contributed by atoms with E-state index in [1.807, 2.05) is 18.2 Å². The van der Waals surface area contributed by atoms with Crippen LogP contribution < -0.4 is 5.32 Å². The molecule has 0 unspecified atom stereocenters. The fourth-order valence-corrected chi connectivity index (χ4v) is 2.92. The Balaban J connectivity index is 1.61. The molecule has 0 spiro atoms. The topological polar surface area (TPSA) is 80.5 Å². The molecule has 1 saturated heterocycles. The number of rotatable bonds is 7. The van der Waals surface area contributed by atoms with E-state index in [4.69, 9.17) is 9.26 Å². The highest BCUT2D eigenvalue weighted by molar-refractivity contribution is 5.74. The molecule has 1 aliphatic heterocycles. The lowest BCUT2D eigenvalue weighted by molar-refractivity contribution is 0.0793. The van der Waals surface area contributed by atoms with Gasteiger partial charge in [-0.1, -0.05) is 19.0 Å². The number of hydrogen-bond acceptors (Lipinski definition) is 5. The van der Waals surface area contributed by atoms with Crippen molar-refractivity contribution >= 4 is 6.03 Å². The van der Waals surface area contributed by atoms with Gasteiger partial charge < -0.3 is 19.5 Å². The molecular formula is C19H26N4O3. The molecule has 7 heteroatoms. The van der Waals surface area contributed by atoms with E-state index in [0.29, 0.717) is 31.3 Å². The second kappa shape index (κ2) is 8.80. The summed E-state index contributed by atoms with van der Waals surface area (Å²) in [7, 11) is 0. The van der Waals surface area contributed by atoms with Gasteiger partial charge in [-0.2, -0.15) is 0 Å². The fraction of sp³-hybridized carbons (Fsp3) is 0.526. The number of pyridine rings is 1. The normalized spacial score (nSPS) is 16.8. The minimum atomic E-state index is -0.139. The average molecular weight is 358 g/mol. The Labute approximate surface area is 153 Å². The molecule has 26 heavy (non-hydrogen) atoms. The maximum absolute atomic E-state index is 12.7. The van der Waals surface area contributed by atoms with Crippen LogP contribution in [0.4, 0.5) is 4.79 Å². The summed E-state index contributed by atoms with van der Waals surface area (Å²) in [6.07, 6.45) is 5.60. The van der Waals surface area contributed by atoms with E-state index in [1.165, 1.54) is 0 Å². The zero-order valence-electron chi connectivity index (χ0n) is 15.4. The van der Waals surface area contributed by atoms with Crippen LogP contribution in [0.3, 0.4) is 0 Å². The standard InChI is InChI=1S/C19H26N4O3/c1-14(2)18-10-17(26-22-18)11-21-19(24)23(13-16-4-3-9-25-16)12-15-5-7-20-8-6-15/h5-8,10,14,16H,3-4,9,11-13H2,1-2H3,(H,21,24)/t16-/m0/s1. The van der Waals surface area contributed by atoms with Crippen molar-refractivity contribution in [1.29, 1.82) is 0 Å². The molecule has 3 rings (SSSR count). The van der Waals surface area contributed by atoms with Crippen molar-refractivity contribution in [3.05, 3.63) is 47.6 Å². The van der Waals surface area contributed by atoms with Crippen molar-refractivity contribution in [3.63, 3.8) is 0 Å². The quantitative estimate of drug-likeness (QED) is 0.823. The summed E-state index contributed by atoms with van der Waals surface area (Å²) in [6, 6.07) is 5.58. The van der Waals surface area contributed by atoms with Crippen LogP contribution in [-0.4, -0.2) is 40.3 Å². The van der Waals surface area contributed by atoms with Crippen LogP contribution in [0.5, 0.6) is 0 Å². The summed E-state index contributed by atoms with van der Waals surface area (Å²) in [4.78, 5) is 18.5. The number of nitrogens with one attached hydrogen (secondary N) is 1. The summed E-state index contributed by atoms with van der Waals surface area (Å²) >= 11 is 0. The Kier molecular flexibility index (Phi) is 6.22. The third-order valence-corrected chi connectivity index (χ3v) is 4.44. The number of carbonyl (C=O) groups is 1. The van der Waals surface area contributed by atoms with E-state index in [2.05, 4.69) is 29.3 Å². The molecule has 7 nitrogen and oxygen atoms in total. The smallest absolute Gasteiger partial charge is 0.318 e. The first-order valence-electron chi connectivity index (χ1n) is 9.10. The predicted molar refractivity (Wildman–Crippen MR) is 96.4 cm³/mol. The largest absolute Gasteiger partial charge is 0.376 e. The van der Waals surface area contributed by atoms with Crippen LogP contribution in [0, 0.1) is 0 Å². The maximum atomic E-state index is 12.7. The first kappa shape index (κ1) is 18.4. The molecule has 3 heterocycles. The van der Waals surface area contributed by atoms with Crippen LogP contribution in [0.25, 0.3) is 0 Å². The molecule has 2 aromatic rings. The van der Waals surface area contributed by atoms with E-state index >= 15 is 0 Å². The highest BCUT2D eigenvalue weighted by Crippen LogP contribution is 2.16. The van der Waals surface area contributed by atoms with Gasteiger partial charge >= 0.3 is 6.03 Å². The summed E-state index contributed by atoms with van der Waals surface area (Å²) in [5, 5.41) is 6.95.